The Morgan fingerprint density at radius 3 is 2.82 bits per heavy atom. The number of hydrogen-bond acceptors (Lipinski definition) is 3. The third-order valence-corrected chi connectivity index (χ3v) is 2.89. The molecule has 1 aliphatic heterocycles. The summed E-state index contributed by atoms with van der Waals surface area (Å²) in [6, 6.07) is 4.02. The molecule has 0 spiro atoms. The first-order valence-electron chi connectivity index (χ1n) is 5.90. The van der Waals surface area contributed by atoms with Gasteiger partial charge in [0.05, 0.1) is 0 Å². The molecule has 4 nitrogen and oxygen atoms in total. The highest BCUT2D eigenvalue weighted by atomic mass is 16.1. The number of amides is 1. The fraction of sp³-hybridized carbons (Fsp3) is 0.385. The molecule has 1 fully saturated rings. The number of hydrogen-bond donors (Lipinski definition) is 1. The molecule has 0 saturated carbocycles. The van der Waals surface area contributed by atoms with Crippen LogP contribution in [0, 0.1) is 0 Å². The monoisotopic (exact) mass is 231 g/mol. The zero-order chi connectivity index (χ0) is 12.1. The molecule has 0 atom stereocenters. The number of anilines is 1. The fourth-order valence-electron chi connectivity index (χ4n) is 1.92. The second kappa shape index (κ2) is 5.48. The standard InChI is InChI=1S/C13H17N3O/c1-2-13(17)15-10-11-5-6-12(14-9-11)16-7-3-4-8-16/h2,5-6,9H,1,3-4,7-8,10H2,(H,15,17). The van der Waals surface area contributed by atoms with Crippen molar-refractivity contribution in [3.8, 4) is 0 Å². The Kier molecular flexibility index (Phi) is 3.75. The molecule has 0 radical (unpaired) electrons. The molecule has 1 aliphatic rings. The number of aromatic nitrogens is 1. The number of nitrogens with zero attached hydrogens (tertiary/aromatic N) is 2. The maximum Gasteiger partial charge on any atom is 0.243 e. The number of carbonyl (C=O) groups excluding carboxylic acids is 1. The van der Waals surface area contributed by atoms with E-state index in [9.17, 15) is 4.79 Å². The van der Waals surface area contributed by atoms with E-state index in [0.29, 0.717) is 6.54 Å². The van der Waals surface area contributed by atoms with Gasteiger partial charge in [-0.3, -0.25) is 4.79 Å². The summed E-state index contributed by atoms with van der Waals surface area (Å²) in [5, 5.41) is 2.73. The maximum atomic E-state index is 11.0. The number of rotatable bonds is 4. The van der Waals surface area contributed by atoms with Gasteiger partial charge >= 0.3 is 0 Å². The van der Waals surface area contributed by atoms with E-state index in [2.05, 4.69) is 21.8 Å². The molecule has 0 unspecified atom stereocenters. The van der Waals surface area contributed by atoms with E-state index >= 15 is 0 Å². The summed E-state index contributed by atoms with van der Waals surface area (Å²) in [6.45, 7) is 6.10. The van der Waals surface area contributed by atoms with Crippen molar-refractivity contribution in [3.63, 3.8) is 0 Å². The Morgan fingerprint density at radius 2 is 2.24 bits per heavy atom. The molecule has 0 aromatic carbocycles. The van der Waals surface area contributed by atoms with Crippen molar-refractivity contribution in [2.75, 3.05) is 18.0 Å². The Labute approximate surface area is 101 Å². The quantitative estimate of drug-likeness (QED) is 0.798. The van der Waals surface area contributed by atoms with Gasteiger partial charge in [0, 0.05) is 25.8 Å². The molecule has 0 aliphatic carbocycles. The highest BCUT2D eigenvalue weighted by Crippen LogP contribution is 2.17. The van der Waals surface area contributed by atoms with Crippen LogP contribution in [0.4, 0.5) is 5.82 Å². The molecule has 0 bridgehead atoms. The predicted octanol–water partition coefficient (Wildman–Crippen LogP) is 1.48. The molecular formula is C13H17N3O. The van der Waals surface area contributed by atoms with Gasteiger partial charge in [0.25, 0.3) is 0 Å². The molecule has 1 amide bonds. The topological polar surface area (TPSA) is 45.2 Å². The van der Waals surface area contributed by atoms with Gasteiger partial charge in [-0.2, -0.15) is 0 Å². The Balaban J connectivity index is 1.93. The van der Waals surface area contributed by atoms with E-state index < -0.39 is 0 Å². The SMILES string of the molecule is C=CC(=O)NCc1ccc(N2CCCC2)nc1. The van der Waals surface area contributed by atoms with E-state index in [1.54, 1.807) is 0 Å². The highest BCUT2D eigenvalue weighted by Gasteiger charge is 2.12. The third kappa shape index (κ3) is 3.06. The van der Waals surface area contributed by atoms with Gasteiger partial charge < -0.3 is 10.2 Å². The molecule has 1 aromatic heterocycles. The van der Waals surface area contributed by atoms with E-state index in [0.717, 1.165) is 24.5 Å². The van der Waals surface area contributed by atoms with E-state index in [1.165, 1.54) is 18.9 Å². The van der Waals surface area contributed by atoms with Gasteiger partial charge in [-0.1, -0.05) is 12.6 Å². The number of pyridine rings is 1. The first-order chi connectivity index (χ1) is 8.29. The minimum atomic E-state index is -0.159. The molecule has 90 valence electrons. The van der Waals surface area contributed by atoms with Crippen LogP contribution in [0.15, 0.2) is 31.0 Å². The van der Waals surface area contributed by atoms with Crippen LogP contribution in [0.2, 0.25) is 0 Å². The summed E-state index contributed by atoms with van der Waals surface area (Å²) in [6.07, 6.45) is 5.58. The largest absolute Gasteiger partial charge is 0.357 e. The average Bonchev–Trinajstić information content (AvgIpc) is 2.90. The van der Waals surface area contributed by atoms with Gasteiger partial charge in [0.2, 0.25) is 5.91 Å². The molecule has 1 N–H and O–H groups in total. The van der Waals surface area contributed by atoms with Gasteiger partial charge in [-0.05, 0) is 30.5 Å². The van der Waals surface area contributed by atoms with Crippen LogP contribution < -0.4 is 10.2 Å². The van der Waals surface area contributed by atoms with Crippen LogP contribution in [0.5, 0.6) is 0 Å². The van der Waals surface area contributed by atoms with Gasteiger partial charge in [-0.25, -0.2) is 4.98 Å². The van der Waals surface area contributed by atoms with Crippen molar-refractivity contribution < 1.29 is 4.79 Å². The van der Waals surface area contributed by atoms with Crippen molar-refractivity contribution in [3.05, 3.63) is 36.5 Å². The Morgan fingerprint density at radius 1 is 1.47 bits per heavy atom. The molecule has 17 heavy (non-hydrogen) atoms. The Hall–Kier alpha value is -1.84. The van der Waals surface area contributed by atoms with Crippen molar-refractivity contribution in [1.29, 1.82) is 0 Å². The van der Waals surface area contributed by atoms with E-state index in [1.807, 2.05) is 18.3 Å². The first kappa shape index (κ1) is 11.6. The molecule has 4 heteroatoms. The van der Waals surface area contributed by atoms with Gasteiger partial charge in [0.1, 0.15) is 5.82 Å². The van der Waals surface area contributed by atoms with Gasteiger partial charge in [0.15, 0.2) is 0 Å². The summed E-state index contributed by atoms with van der Waals surface area (Å²) in [4.78, 5) is 17.7. The highest BCUT2D eigenvalue weighted by molar-refractivity contribution is 5.86. The zero-order valence-corrected chi connectivity index (χ0v) is 9.85. The number of nitrogens with one attached hydrogen (secondary N) is 1. The first-order valence-corrected chi connectivity index (χ1v) is 5.90. The van der Waals surface area contributed by atoms with Crippen molar-refractivity contribution >= 4 is 11.7 Å². The second-order valence-electron chi connectivity index (χ2n) is 4.14. The third-order valence-electron chi connectivity index (χ3n) is 2.89. The molecule has 2 heterocycles. The molecular weight excluding hydrogens is 214 g/mol. The van der Waals surface area contributed by atoms with Crippen LogP contribution in [0.3, 0.4) is 0 Å². The summed E-state index contributed by atoms with van der Waals surface area (Å²) in [5.41, 5.74) is 1.00. The van der Waals surface area contributed by atoms with Crippen LogP contribution in [0.1, 0.15) is 18.4 Å². The van der Waals surface area contributed by atoms with Crippen molar-refractivity contribution in [1.82, 2.24) is 10.3 Å². The van der Waals surface area contributed by atoms with Crippen LogP contribution in [-0.4, -0.2) is 24.0 Å². The normalized spacial score (nSPS) is 14.7. The van der Waals surface area contributed by atoms with Gasteiger partial charge in [-0.15, -0.1) is 0 Å². The summed E-state index contributed by atoms with van der Waals surface area (Å²) in [7, 11) is 0. The van der Waals surface area contributed by atoms with E-state index in [4.69, 9.17) is 0 Å². The molecule has 1 aromatic rings. The minimum Gasteiger partial charge on any atom is -0.357 e. The average molecular weight is 231 g/mol. The zero-order valence-electron chi connectivity index (χ0n) is 9.85. The molecule has 2 rings (SSSR count). The van der Waals surface area contributed by atoms with Crippen LogP contribution in [0.25, 0.3) is 0 Å². The van der Waals surface area contributed by atoms with Crippen LogP contribution in [-0.2, 0) is 11.3 Å². The maximum absolute atomic E-state index is 11.0. The second-order valence-corrected chi connectivity index (χ2v) is 4.14. The smallest absolute Gasteiger partial charge is 0.243 e. The Bertz CT molecular complexity index is 394. The fourth-order valence-corrected chi connectivity index (χ4v) is 1.92. The predicted molar refractivity (Wildman–Crippen MR) is 67.7 cm³/mol. The molecule has 1 saturated heterocycles. The van der Waals surface area contributed by atoms with Crippen molar-refractivity contribution in [2.45, 2.75) is 19.4 Å². The lowest BCUT2D eigenvalue weighted by Gasteiger charge is -2.16. The van der Waals surface area contributed by atoms with E-state index in [-0.39, 0.29) is 5.91 Å². The summed E-state index contributed by atoms with van der Waals surface area (Å²) in [5.74, 6) is 0.870. The lowest BCUT2D eigenvalue weighted by atomic mass is 10.2. The summed E-state index contributed by atoms with van der Waals surface area (Å²) < 4.78 is 0. The van der Waals surface area contributed by atoms with Crippen LogP contribution >= 0.6 is 0 Å². The van der Waals surface area contributed by atoms with Crippen molar-refractivity contribution in [2.24, 2.45) is 0 Å². The lowest BCUT2D eigenvalue weighted by Crippen LogP contribution is -2.21. The lowest BCUT2D eigenvalue weighted by molar-refractivity contribution is -0.116. The minimum absolute atomic E-state index is 0.159. The number of carbonyl (C=O) groups is 1. The summed E-state index contributed by atoms with van der Waals surface area (Å²) >= 11 is 0.